The van der Waals surface area contributed by atoms with Gasteiger partial charge in [0.25, 0.3) is 5.56 Å². The number of hydrazone groups is 1. The van der Waals surface area contributed by atoms with Crippen LogP contribution in [0.15, 0.2) is 43.4 Å². The molecule has 0 aliphatic carbocycles. The molecule has 2 N–H and O–H groups in total. The smallest absolute Gasteiger partial charge is 0.303 e. The van der Waals surface area contributed by atoms with Gasteiger partial charge in [-0.1, -0.05) is 35.0 Å². The van der Waals surface area contributed by atoms with Gasteiger partial charge in [-0.05, 0) is 24.1 Å². The minimum atomic E-state index is -0.497. The van der Waals surface area contributed by atoms with Crippen LogP contribution in [0.1, 0.15) is 18.9 Å². The predicted octanol–water partition coefficient (Wildman–Crippen LogP) is 2.04. The predicted molar refractivity (Wildman–Crippen MR) is 101 cm³/mol. The van der Waals surface area contributed by atoms with Gasteiger partial charge in [0.05, 0.1) is 6.21 Å². The Morgan fingerprint density at radius 2 is 2.04 bits per heavy atom. The molecule has 0 atom stereocenters. The van der Waals surface area contributed by atoms with Crippen molar-refractivity contribution in [1.29, 1.82) is 0 Å². The number of rotatable bonds is 5. The Morgan fingerprint density at radius 3 is 2.72 bits per heavy atom. The van der Waals surface area contributed by atoms with Crippen LogP contribution in [0.25, 0.3) is 11.2 Å². The van der Waals surface area contributed by atoms with Gasteiger partial charge in [-0.25, -0.2) is 10.2 Å². The van der Waals surface area contributed by atoms with E-state index in [1.807, 2.05) is 31.2 Å². The molecule has 0 unspecified atom stereocenters. The van der Waals surface area contributed by atoms with Gasteiger partial charge in [0.15, 0.2) is 11.2 Å². The van der Waals surface area contributed by atoms with Gasteiger partial charge >= 0.3 is 5.69 Å². The van der Waals surface area contributed by atoms with Crippen LogP contribution >= 0.6 is 15.9 Å². The molecule has 0 spiro atoms. The van der Waals surface area contributed by atoms with Gasteiger partial charge in [-0.15, -0.1) is 0 Å². The second-order valence-electron chi connectivity index (χ2n) is 5.50. The molecule has 0 aliphatic heterocycles. The first-order chi connectivity index (χ1) is 12.0. The summed E-state index contributed by atoms with van der Waals surface area (Å²) in [5.41, 5.74) is 3.51. The number of fused-ring (bicyclic) bond motifs is 1. The Bertz CT molecular complexity index is 1050. The van der Waals surface area contributed by atoms with Crippen molar-refractivity contribution in [3.63, 3.8) is 0 Å². The highest BCUT2D eigenvalue weighted by atomic mass is 79.9. The van der Waals surface area contributed by atoms with Crippen LogP contribution in [0, 0.1) is 0 Å². The molecule has 0 saturated heterocycles. The lowest BCUT2D eigenvalue weighted by atomic mass is 10.2. The van der Waals surface area contributed by atoms with Gasteiger partial charge in [0.1, 0.15) is 0 Å². The summed E-state index contributed by atoms with van der Waals surface area (Å²) in [5.74, 6) is 0.414. The standard InChI is InChI=1S/C16H17BrN6O2/c1-3-8-23-12-13(22(2)16(25)20-14(12)24)19-15(23)21-18-9-10-4-6-11(17)7-5-10/h4-7,9H,3,8H2,1-2H3,(H,19,21)(H,20,24,25). The van der Waals surface area contributed by atoms with Crippen molar-refractivity contribution in [3.05, 3.63) is 55.1 Å². The minimum Gasteiger partial charge on any atom is -0.303 e. The first-order valence-corrected chi connectivity index (χ1v) is 8.54. The lowest BCUT2D eigenvalue weighted by molar-refractivity contribution is 0.698. The Hall–Kier alpha value is -2.68. The molecule has 9 heteroatoms. The fourth-order valence-corrected chi connectivity index (χ4v) is 2.74. The molecule has 0 fully saturated rings. The van der Waals surface area contributed by atoms with Crippen LogP contribution in [0.2, 0.25) is 0 Å². The molecule has 1 aromatic carbocycles. The summed E-state index contributed by atoms with van der Waals surface area (Å²) in [5, 5.41) is 4.19. The number of nitrogens with zero attached hydrogens (tertiary/aromatic N) is 4. The molecular weight excluding hydrogens is 388 g/mol. The highest BCUT2D eigenvalue weighted by Crippen LogP contribution is 2.16. The van der Waals surface area contributed by atoms with E-state index >= 15 is 0 Å². The van der Waals surface area contributed by atoms with Gasteiger partial charge in [0.2, 0.25) is 5.95 Å². The number of aryl methyl sites for hydroxylation is 2. The van der Waals surface area contributed by atoms with Crippen LogP contribution in [-0.2, 0) is 13.6 Å². The fourth-order valence-electron chi connectivity index (χ4n) is 2.47. The summed E-state index contributed by atoms with van der Waals surface area (Å²) in [6.07, 6.45) is 2.46. The molecule has 0 amide bonds. The van der Waals surface area contributed by atoms with Crippen molar-refractivity contribution >= 4 is 39.3 Å². The Morgan fingerprint density at radius 1 is 1.32 bits per heavy atom. The normalized spacial score (nSPS) is 11.5. The van der Waals surface area contributed by atoms with E-state index in [2.05, 4.69) is 36.4 Å². The molecular formula is C16H17BrN6O2. The highest BCUT2D eigenvalue weighted by molar-refractivity contribution is 9.10. The SMILES string of the molecule is CCCn1c(NN=Cc2ccc(Br)cc2)nc2c1c(=O)[nH]c(=O)n2C. The third kappa shape index (κ3) is 3.41. The average molecular weight is 405 g/mol. The summed E-state index contributed by atoms with van der Waals surface area (Å²) >= 11 is 3.38. The number of nitrogens with one attached hydrogen (secondary N) is 2. The molecule has 0 radical (unpaired) electrons. The van der Waals surface area contributed by atoms with Crippen molar-refractivity contribution < 1.29 is 0 Å². The molecule has 0 saturated carbocycles. The van der Waals surface area contributed by atoms with Crippen LogP contribution in [0.5, 0.6) is 0 Å². The van der Waals surface area contributed by atoms with Gasteiger partial charge in [-0.3, -0.25) is 14.3 Å². The van der Waals surface area contributed by atoms with E-state index in [4.69, 9.17) is 0 Å². The Kier molecular flexibility index (Phi) is 4.84. The lowest BCUT2D eigenvalue weighted by Crippen LogP contribution is -2.29. The van der Waals surface area contributed by atoms with E-state index in [0.717, 1.165) is 16.5 Å². The largest absolute Gasteiger partial charge is 0.329 e. The highest BCUT2D eigenvalue weighted by Gasteiger charge is 2.16. The molecule has 3 aromatic rings. The van der Waals surface area contributed by atoms with Crippen LogP contribution in [0.4, 0.5) is 5.95 Å². The summed E-state index contributed by atoms with van der Waals surface area (Å²) < 4.78 is 4.03. The molecule has 8 nitrogen and oxygen atoms in total. The molecule has 0 bridgehead atoms. The maximum absolute atomic E-state index is 12.2. The van der Waals surface area contributed by atoms with E-state index in [1.165, 1.54) is 4.57 Å². The zero-order chi connectivity index (χ0) is 18.0. The summed E-state index contributed by atoms with van der Waals surface area (Å²) in [7, 11) is 1.57. The van der Waals surface area contributed by atoms with Gasteiger partial charge in [0, 0.05) is 18.1 Å². The zero-order valence-corrected chi connectivity index (χ0v) is 15.4. The molecule has 2 heterocycles. The van der Waals surface area contributed by atoms with Crippen LogP contribution in [-0.4, -0.2) is 25.3 Å². The molecule has 25 heavy (non-hydrogen) atoms. The number of hydrogen-bond donors (Lipinski definition) is 2. The molecule has 0 aliphatic rings. The zero-order valence-electron chi connectivity index (χ0n) is 13.8. The average Bonchev–Trinajstić information content (AvgIpc) is 2.94. The monoisotopic (exact) mass is 404 g/mol. The number of hydrogen-bond acceptors (Lipinski definition) is 5. The summed E-state index contributed by atoms with van der Waals surface area (Å²) in [6.45, 7) is 2.57. The Labute approximate surface area is 151 Å². The number of aromatic nitrogens is 4. The summed E-state index contributed by atoms with van der Waals surface area (Å²) in [4.78, 5) is 30.6. The van der Waals surface area contributed by atoms with Crippen LogP contribution in [0.3, 0.4) is 0 Å². The lowest BCUT2D eigenvalue weighted by Gasteiger charge is -2.05. The quantitative estimate of drug-likeness (QED) is 0.502. The van der Waals surface area contributed by atoms with Crippen molar-refractivity contribution in [1.82, 2.24) is 19.1 Å². The minimum absolute atomic E-state index is 0.323. The number of imidazole rings is 1. The van der Waals surface area contributed by atoms with Crippen LogP contribution < -0.4 is 16.7 Å². The van der Waals surface area contributed by atoms with E-state index in [0.29, 0.717) is 23.7 Å². The van der Waals surface area contributed by atoms with Crippen molar-refractivity contribution in [3.8, 4) is 0 Å². The molecule has 3 rings (SSSR count). The van der Waals surface area contributed by atoms with Gasteiger partial charge < -0.3 is 4.57 Å². The number of benzene rings is 1. The third-order valence-electron chi connectivity index (χ3n) is 3.70. The molecule has 130 valence electrons. The topological polar surface area (TPSA) is 97.1 Å². The van der Waals surface area contributed by atoms with Crippen molar-refractivity contribution in [2.45, 2.75) is 19.9 Å². The summed E-state index contributed by atoms with van der Waals surface area (Å²) in [6, 6.07) is 7.67. The number of H-pyrrole nitrogens is 1. The maximum Gasteiger partial charge on any atom is 0.329 e. The first-order valence-electron chi connectivity index (χ1n) is 7.75. The van der Waals surface area contributed by atoms with E-state index in [-0.39, 0.29) is 0 Å². The third-order valence-corrected chi connectivity index (χ3v) is 4.23. The van der Waals surface area contributed by atoms with Crippen molar-refractivity contribution in [2.75, 3.05) is 5.43 Å². The van der Waals surface area contributed by atoms with E-state index in [9.17, 15) is 9.59 Å². The number of halogens is 1. The second kappa shape index (κ2) is 7.06. The number of anilines is 1. The van der Waals surface area contributed by atoms with Crippen molar-refractivity contribution in [2.24, 2.45) is 12.1 Å². The first kappa shape index (κ1) is 17.2. The maximum atomic E-state index is 12.2. The second-order valence-corrected chi connectivity index (χ2v) is 6.41. The molecule has 2 aromatic heterocycles. The number of aromatic amines is 1. The fraction of sp³-hybridized carbons (Fsp3) is 0.250. The van der Waals surface area contributed by atoms with E-state index < -0.39 is 11.2 Å². The Balaban J connectivity index is 2.00. The van der Waals surface area contributed by atoms with Gasteiger partial charge in [-0.2, -0.15) is 10.1 Å². The van der Waals surface area contributed by atoms with E-state index in [1.54, 1.807) is 17.8 Å².